The fourth-order valence-electron chi connectivity index (χ4n) is 3.74. The van der Waals surface area contributed by atoms with Crippen LogP contribution in [0.3, 0.4) is 0 Å². The average molecular weight is 410 g/mol. The van der Waals surface area contributed by atoms with Gasteiger partial charge in [0.2, 0.25) is 5.91 Å². The molecule has 1 amide bonds. The van der Waals surface area contributed by atoms with Gasteiger partial charge in [-0.15, -0.1) is 24.8 Å². The van der Waals surface area contributed by atoms with E-state index in [0.29, 0.717) is 12.5 Å². The molecule has 1 aliphatic carbocycles. The highest BCUT2D eigenvalue weighted by Gasteiger charge is 2.32. The van der Waals surface area contributed by atoms with Crippen LogP contribution >= 0.6 is 24.8 Å². The first-order valence-corrected chi connectivity index (χ1v) is 9.04. The molecule has 0 spiro atoms. The van der Waals surface area contributed by atoms with Crippen molar-refractivity contribution < 1.29 is 4.79 Å². The molecule has 0 saturated heterocycles. The zero-order chi connectivity index (χ0) is 17.6. The van der Waals surface area contributed by atoms with Crippen LogP contribution in [0.2, 0.25) is 0 Å². The molecule has 0 unspecified atom stereocenters. The molecule has 1 fully saturated rings. The number of anilines is 2. The third-order valence-electron chi connectivity index (χ3n) is 5.13. The van der Waals surface area contributed by atoms with E-state index in [1.165, 1.54) is 5.56 Å². The number of nitrogens with two attached hydrogens (primary N) is 1. The first-order chi connectivity index (χ1) is 12.2. The zero-order valence-electron chi connectivity index (χ0n) is 15.6. The second-order valence-corrected chi connectivity index (χ2v) is 6.88. The van der Waals surface area contributed by atoms with E-state index >= 15 is 0 Å². The van der Waals surface area contributed by atoms with Crippen LogP contribution in [-0.2, 0) is 11.3 Å². The maximum atomic E-state index is 12.7. The molecule has 2 aromatic rings. The topological polar surface area (TPSA) is 58.4 Å². The largest absolute Gasteiger partial charge is 0.369 e. The fraction of sp³-hybridized carbons (Fsp3) is 0.381. The number of benzene rings is 2. The van der Waals surface area contributed by atoms with Crippen molar-refractivity contribution in [3.8, 4) is 0 Å². The summed E-state index contributed by atoms with van der Waals surface area (Å²) >= 11 is 0. The summed E-state index contributed by atoms with van der Waals surface area (Å²) in [4.78, 5) is 14.9. The minimum Gasteiger partial charge on any atom is -0.369 e. The van der Waals surface area contributed by atoms with Gasteiger partial charge < -0.3 is 16.0 Å². The molecule has 148 valence electrons. The molecule has 27 heavy (non-hydrogen) atoms. The van der Waals surface area contributed by atoms with E-state index in [-0.39, 0.29) is 36.6 Å². The van der Waals surface area contributed by atoms with Gasteiger partial charge in [-0.3, -0.25) is 4.79 Å². The van der Waals surface area contributed by atoms with Gasteiger partial charge in [0.1, 0.15) is 0 Å². The summed E-state index contributed by atoms with van der Waals surface area (Å²) < 4.78 is 0. The molecule has 0 aromatic heterocycles. The van der Waals surface area contributed by atoms with Gasteiger partial charge in [-0.1, -0.05) is 48.9 Å². The molecule has 2 aromatic carbocycles. The summed E-state index contributed by atoms with van der Waals surface area (Å²) in [5.74, 6) is 0.459. The van der Waals surface area contributed by atoms with Crippen LogP contribution in [0.15, 0.2) is 54.6 Å². The minimum absolute atomic E-state index is 0. The number of nitrogens with one attached hydrogen (secondary N) is 1. The Balaban J connectivity index is 0.00000182. The van der Waals surface area contributed by atoms with E-state index in [1.807, 2.05) is 42.5 Å². The molecule has 0 aliphatic heterocycles. The lowest BCUT2D eigenvalue weighted by atomic mass is 9.95. The van der Waals surface area contributed by atoms with Gasteiger partial charge in [0, 0.05) is 19.5 Å². The van der Waals surface area contributed by atoms with E-state index in [1.54, 1.807) is 0 Å². The van der Waals surface area contributed by atoms with Crippen molar-refractivity contribution in [2.24, 2.45) is 17.6 Å². The number of carbonyl (C=O) groups excluding carboxylic acids is 1. The predicted octanol–water partition coefficient (Wildman–Crippen LogP) is 4.48. The van der Waals surface area contributed by atoms with Crippen molar-refractivity contribution in [2.45, 2.75) is 25.8 Å². The first-order valence-electron chi connectivity index (χ1n) is 9.04. The Hall–Kier alpha value is -1.75. The highest BCUT2D eigenvalue weighted by Crippen LogP contribution is 2.33. The summed E-state index contributed by atoms with van der Waals surface area (Å²) in [6.07, 6.45) is 3.09. The molecule has 3 rings (SSSR count). The maximum Gasteiger partial charge on any atom is 0.227 e. The lowest BCUT2D eigenvalue weighted by Gasteiger charge is -2.24. The second kappa shape index (κ2) is 11.2. The lowest BCUT2D eigenvalue weighted by molar-refractivity contribution is -0.120. The summed E-state index contributed by atoms with van der Waals surface area (Å²) in [5, 5.41) is 3.15. The summed E-state index contributed by atoms with van der Waals surface area (Å²) in [6, 6.07) is 18.3. The summed E-state index contributed by atoms with van der Waals surface area (Å²) in [6.45, 7) is 1.39. The molecule has 0 heterocycles. The van der Waals surface area contributed by atoms with Crippen LogP contribution in [-0.4, -0.2) is 19.5 Å². The van der Waals surface area contributed by atoms with Crippen molar-refractivity contribution in [3.05, 3.63) is 60.2 Å². The van der Waals surface area contributed by atoms with E-state index in [2.05, 4.69) is 29.4 Å². The molecule has 0 radical (unpaired) electrons. The molecule has 1 saturated carbocycles. The van der Waals surface area contributed by atoms with Gasteiger partial charge in [0.25, 0.3) is 0 Å². The number of hydrogen-bond acceptors (Lipinski definition) is 3. The van der Waals surface area contributed by atoms with Crippen molar-refractivity contribution in [1.29, 1.82) is 0 Å². The Kier molecular flexibility index (Phi) is 9.64. The van der Waals surface area contributed by atoms with Gasteiger partial charge in [-0.25, -0.2) is 0 Å². The fourth-order valence-corrected chi connectivity index (χ4v) is 3.74. The number of halogens is 2. The van der Waals surface area contributed by atoms with Crippen LogP contribution in [0.4, 0.5) is 11.4 Å². The number of nitrogens with zero attached hydrogens (tertiary/aromatic N) is 1. The predicted molar refractivity (Wildman–Crippen MR) is 118 cm³/mol. The van der Waals surface area contributed by atoms with Crippen molar-refractivity contribution in [1.82, 2.24) is 0 Å². The van der Waals surface area contributed by atoms with E-state index in [0.717, 1.165) is 37.2 Å². The van der Waals surface area contributed by atoms with Crippen LogP contribution in [0, 0.1) is 11.8 Å². The SMILES string of the molecule is CN(Cc1ccccc1)c1ccccc1NC(=O)[C@@H]1CCC[C@@H]1CN.Cl.Cl. The molecule has 6 heteroatoms. The standard InChI is InChI=1S/C21H27N3O.2ClH/c1-24(15-16-8-3-2-4-9-16)20-13-6-5-12-19(20)23-21(25)18-11-7-10-17(18)14-22;;/h2-6,8-9,12-13,17-18H,7,10-11,14-15,22H2,1H3,(H,23,25);2*1H/t17-,18-;;/m1../s1. The lowest BCUT2D eigenvalue weighted by Crippen LogP contribution is -2.30. The molecule has 2 atom stereocenters. The van der Waals surface area contributed by atoms with Crippen molar-refractivity contribution >= 4 is 42.1 Å². The average Bonchev–Trinajstić information content (AvgIpc) is 3.12. The molecular formula is C21H29Cl2N3O. The number of para-hydroxylation sites is 2. The number of amides is 1. The highest BCUT2D eigenvalue weighted by molar-refractivity contribution is 5.96. The van der Waals surface area contributed by atoms with E-state index in [4.69, 9.17) is 5.73 Å². The molecular weight excluding hydrogens is 381 g/mol. The van der Waals surface area contributed by atoms with Gasteiger partial charge >= 0.3 is 0 Å². The van der Waals surface area contributed by atoms with Crippen molar-refractivity contribution in [2.75, 3.05) is 23.8 Å². The monoisotopic (exact) mass is 409 g/mol. The Bertz CT molecular complexity index is 712. The van der Waals surface area contributed by atoms with Gasteiger partial charge in [0.15, 0.2) is 0 Å². The van der Waals surface area contributed by atoms with Crippen LogP contribution in [0.25, 0.3) is 0 Å². The maximum absolute atomic E-state index is 12.7. The van der Waals surface area contributed by atoms with Gasteiger partial charge in [-0.2, -0.15) is 0 Å². The molecule has 1 aliphatic rings. The molecule has 0 bridgehead atoms. The third-order valence-corrected chi connectivity index (χ3v) is 5.13. The smallest absolute Gasteiger partial charge is 0.227 e. The zero-order valence-corrected chi connectivity index (χ0v) is 17.3. The molecule has 3 N–H and O–H groups in total. The van der Waals surface area contributed by atoms with E-state index in [9.17, 15) is 4.79 Å². The van der Waals surface area contributed by atoms with E-state index < -0.39 is 0 Å². The van der Waals surface area contributed by atoms with Crippen molar-refractivity contribution in [3.63, 3.8) is 0 Å². The normalized spacial score (nSPS) is 18.1. The van der Waals surface area contributed by atoms with Gasteiger partial charge in [0.05, 0.1) is 11.4 Å². The summed E-state index contributed by atoms with van der Waals surface area (Å²) in [5.41, 5.74) is 8.97. The summed E-state index contributed by atoms with van der Waals surface area (Å²) in [7, 11) is 2.05. The Morgan fingerprint density at radius 3 is 2.44 bits per heavy atom. The molecule has 4 nitrogen and oxygen atoms in total. The second-order valence-electron chi connectivity index (χ2n) is 6.88. The quantitative estimate of drug-likeness (QED) is 0.738. The number of hydrogen-bond donors (Lipinski definition) is 2. The third kappa shape index (κ3) is 5.86. The first kappa shape index (κ1) is 23.3. The Labute approximate surface area is 174 Å². The Morgan fingerprint density at radius 1 is 1.07 bits per heavy atom. The Morgan fingerprint density at radius 2 is 1.74 bits per heavy atom. The number of carbonyl (C=O) groups is 1. The van der Waals surface area contributed by atoms with Crippen LogP contribution < -0.4 is 16.0 Å². The number of rotatable bonds is 6. The van der Waals surface area contributed by atoms with Crippen LogP contribution in [0.1, 0.15) is 24.8 Å². The minimum atomic E-state index is 0. The van der Waals surface area contributed by atoms with Gasteiger partial charge in [-0.05, 0) is 43.0 Å². The highest BCUT2D eigenvalue weighted by atomic mass is 35.5. The van der Waals surface area contributed by atoms with Crippen LogP contribution in [0.5, 0.6) is 0 Å².